The molecule has 2 atom stereocenters. The molecule has 1 heterocycles. The summed E-state index contributed by atoms with van der Waals surface area (Å²) < 4.78 is 1.01. The van der Waals surface area contributed by atoms with Crippen molar-refractivity contribution in [2.45, 2.75) is 25.3 Å². The molecule has 1 fully saturated rings. The largest absolute Gasteiger partial charge is 0.481 e. The van der Waals surface area contributed by atoms with Crippen molar-refractivity contribution in [2.24, 2.45) is 5.92 Å². The second kappa shape index (κ2) is 5.69. The van der Waals surface area contributed by atoms with Crippen LogP contribution in [0.4, 0.5) is 9.93 Å². The molecule has 1 aliphatic carbocycles. The van der Waals surface area contributed by atoms with E-state index < -0.39 is 5.97 Å². The Morgan fingerprint density at radius 3 is 2.81 bits per heavy atom. The van der Waals surface area contributed by atoms with Gasteiger partial charge in [-0.2, -0.15) is 0 Å². The summed E-state index contributed by atoms with van der Waals surface area (Å²) in [6, 6.07) is 7.25. The number of hydrogen-bond acceptors (Lipinski definition) is 4. The Bertz CT molecular complexity index is 652. The van der Waals surface area contributed by atoms with Crippen molar-refractivity contribution in [1.29, 1.82) is 0 Å². The summed E-state index contributed by atoms with van der Waals surface area (Å²) in [5.41, 5.74) is 0.851. The number of carboxylic acid groups (broad SMARTS) is 1. The van der Waals surface area contributed by atoms with E-state index in [1.54, 1.807) is 0 Å². The number of aromatic nitrogens is 1. The van der Waals surface area contributed by atoms with Gasteiger partial charge in [0.25, 0.3) is 0 Å². The number of carbonyl (C=O) groups excluding carboxylic acids is 1. The Hall–Kier alpha value is -2.15. The van der Waals surface area contributed by atoms with E-state index in [1.807, 2.05) is 24.3 Å². The first-order valence-corrected chi connectivity index (χ1v) is 7.59. The van der Waals surface area contributed by atoms with Crippen LogP contribution in [0.25, 0.3) is 10.2 Å². The van der Waals surface area contributed by atoms with Crippen LogP contribution in [-0.4, -0.2) is 28.1 Å². The highest BCUT2D eigenvalue weighted by Gasteiger charge is 2.30. The molecular weight excluding hydrogens is 290 g/mol. The van der Waals surface area contributed by atoms with Crippen molar-refractivity contribution in [3.05, 3.63) is 24.3 Å². The molecule has 3 N–H and O–H groups in total. The van der Waals surface area contributed by atoms with Gasteiger partial charge < -0.3 is 10.4 Å². The fourth-order valence-corrected chi connectivity index (χ4v) is 3.44. The Morgan fingerprint density at radius 2 is 2.10 bits per heavy atom. The molecule has 1 aromatic heterocycles. The molecule has 0 spiro atoms. The Morgan fingerprint density at radius 1 is 1.29 bits per heavy atom. The number of rotatable bonds is 3. The highest BCUT2D eigenvalue weighted by Crippen LogP contribution is 2.27. The molecule has 1 saturated carbocycles. The Labute approximate surface area is 125 Å². The van der Waals surface area contributed by atoms with Crippen LogP contribution < -0.4 is 10.6 Å². The van der Waals surface area contributed by atoms with E-state index in [9.17, 15) is 9.59 Å². The van der Waals surface area contributed by atoms with E-state index in [4.69, 9.17) is 5.11 Å². The monoisotopic (exact) mass is 305 g/mol. The summed E-state index contributed by atoms with van der Waals surface area (Å²) in [4.78, 5) is 27.1. The van der Waals surface area contributed by atoms with E-state index in [0.29, 0.717) is 24.4 Å². The van der Waals surface area contributed by atoms with Crippen LogP contribution in [0.5, 0.6) is 0 Å². The minimum Gasteiger partial charge on any atom is -0.481 e. The first kappa shape index (κ1) is 13.8. The summed E-state index contributed by atoms with van der Waals surface area (Å²) in [5, 5.41) is 15.0. The number of hydrogen-bond donors (Lipinski definition) is 3. The molecular formula is C14H15N3O3S. The van der Waals surface area contributed by atoms with Gasteiger partial charge in [-0.1, -0.05) is 23.5 Å². The van der Waals surface area contributed by atoms with Gasteiger partial charge in [0.1, 0.15) is 0 Å². The molecule has 2 aromatic rings. The van der Waals surface area contributed by atoms with Crippen LogP contribution >= 0.6 is 11.3 Å². The highest BCUT2D eigenvalue weighted by molar-refractivity contribution is 7.22. The molecule has 0 bridgehead atoms. The Kier molecular flexibility index (Phi) is 3.74. The number of urea groups is 1. The van der Waals surface area contributed by atoms with E-state index >= 15 is 0 Å². The summed E-state index contributed by atoms with van der Waals surface area (Å²) in [7, 11) is 0. The number of carbonyl (C=O) groups is 2. The molecule has 2 amide bonds. The fourth-order valence-electron chi connectivity index (χ4n) is 2.58. The molecule has 0 saturated heterocycles. The lowest BCUT2D eigenvalue weighted by molar-refractivity contribution is -0.141. The summed E-state index contributed by atoms with van der Waals surface area (Å²) in [6.45, 7) is 0. The minimum absolute atomic E-state index is 0.0829. The number of para-hydroxylation sites is 1. The van der Waals surface area contributed by atoms with Crippen molar-refractivity contribution in [3.8, 4) is 0 Å². The third-order valence-corrected chi connectivity index (χ3v) is 4.58. The van der Waals surface area contributed by atoms with Gasteiger partial charge in [-0.15, -0.1) is 0 Å². The number of nitrogens with zero attached hydrogens (tertiary/aromatic N) is 1. The first-order chi connectivity index (χ1) is 10.1. The van der Waals surface area contributed by atoms with E-state index in [2.05, 4.69) is 15.6 Å². The maximum Gasteiger partial charge on any atom is 0.321 e. The quantitative estimate of drug-likeness (QED) is 0.813. The van der Waals surface area contributed by atoms with Gasteiger partial charge in [-0.25, -0.2) is 9.78 Å². The highest BCUT2D eigenvalue weighted by atomic mass is 32.1. The zero-order valence-corrected chi connectivity index (χ0v) is 12.0. The van der Waals surface area contributed by atoms with Crippen LogP contribution in [-0.2, 0) is 4.79 Å². The van der Waals surface area contributed by atoms with E-state index in [1.165, 1.54) is 11.3 Å². The predicted molar refractivity (Wildman–Crippen MR) is 80.5 cm³/mol. The molecule has 1 aromatic carbocycles. The van der Waals surface area contributed by atoms with Gasteiger partial charge in [-0.3, -0.25) is 10.1 Å². The SMILES string of the molecule is O=C(Nc1nc2ccccc2s1)NC1CCC(C(=O)O)C1. The second-order valence-corrected chi connectivity index (χ2v) is 6.16. The first-order valence-electron chi connectivity index (χ1n) is 6.78. The lowest BCUT2D eigenvalue weighted by atomic mass is 10.1. The lowest BCUT2D eigenvalue weighted by Crippen LogP contribution is -2.36. The smallest absolute Gasteiger partial charge is 0.321 e. The van der Waals surface area contributed by atoms with Crippen molar-refractivity contribution < 1.29 is 14.7 Å². The van der Waals surface area contributed by atoms with Crippen LogP contribution in [0, 0.1) is 5.92 Å². The van der Waals surface area contributed by atoms with Gasteiger partial charge in [0.15, 0.2) is 5.13 Å². The summed E-state index contributed by atoms with van der Waals surface area (Å²) in [5.74, 6) is -1.14. The van der Waals surface area contributed by atoms with Crippen LogP contribution in [0.1, 0.15) is 19.3 Å². The number of nitrogens with one attached hydrogen (secondary N) is 2. The topological polar surface area (TPSA) is 91.3 Å². The standard InChI is InChI=1S/C14H15N3O3S/c18-12(19)8-5-6-9(7-8)15-13(20)17-14-16-10-3-1-2-4-11(10)21-14/h1-4,8-9H,5-7H2,(H,18,19)(H2,15,16,17,20). The normalized spacial score (nSPS) is 21.3. The molecule has 110 valence electrons. The maximum atomic E-state index is 11.9. The lowest BCUT2D eigenvalue weighted by Gasteiger charge is -2.12. The van der Waals surface area contributed by atoms with Crippen molar-refractivity contribution in [1.82, 2.24) is 10.3 Å². The zero-order valence-electron chi connectivity index (χ0n) is 11.2. The minimum atomic E-state index is -0.786. The molecule has 2 unspecified atom stereocenters. The number of aliphatic carboxylic acids is 1. The predicted octanol–water partition coefficient (Wildman–Crippen LogP) is 2.67. The second-order valence-electron chi connectivity index (χ2n) is 5.13. The van der Waals surface area contributed by atoms with Gasteiger partial charge in [-0.05, 0) is 31.4 Å². The van der Waals surface area contributed by atoms with Crippen LogP contribution in [0.2, 0.25) is 0 Å². The number of anilines is 1. The van der Waals surface area contributed by atoms with Crippen molar-refractivity contribution >= 4 is 38.7 Å². The molecule has 1 aliphatic rings. The summed E-state index contributed by atoms with van der Waals surface area (Å²) >= 11 is 1.41. The maximum absolute atomic E-state index is 11.9. The number of benzene rings is 1. The van der Waals surface area contributed by atoms with Gasteiger partial charge in [0.2, 0.25) is 0 Å². The number of thiazole rings is 1. The van der Waals surface area contributed by atoms with Gasteiger partial charge in [0, 0.05) is 6.04 Å². The Balaban J connectivity index is 1.58. The molecule has 3 rings (SSSR count). The van der Waals surface area contributed by atoms with Gasteiger partial charge >= 0.3 is 12.0 Å². The molecule has 7 heteroatoms. The number of fused-ring (bicyclic) bond motifs is 1. The summed E-state index contributed by atoms with van der Waals surface area (Å²) in [6.07, 6.45) is 1.80. The van der Waals surface area contributed by atoms with E-state index in [-0.39, 0.29) is 18.0 Å². The number of amides is 2. The van der Waals surface area contributed by atoms with Crippen molar-refractivity contribution in [2.75, 3.05) is 5.32 Å². The molecule has 0 aliphatic heterocycles. The molecule has 6 nitrogen and oxygen atoms in total. The third kappa shape index (κ3) is 3.13. The molecule has 21 heavy (non-hydrogen) atoms. The van der Waals surface area contributed by atoms with Crippen LogP contribution in [0.15, 0.2) is 24.3 Å². The average molecular weight is 305 g/mol. The van der Waals surface area contributed by atoms with Gasteiger partial charge in [0.05, 0.1) is 16.1 Å². The average Bonchev–Trinajstić information content (AvgIpc) is 3.04. The van der Waals surface area contributed by atoms with Crippen molar-refractivity contribution in [3.63, 3.8) is 0 Å². The zero-order chi connectivity index (χ0) is 14.8. The van der Waals surface area contributed by atoms with Crippen LogP contribution in [0.3, 0.4) is 0 Å². The number of carboxylic acids is 1. The van der Waals surface area contributed by atoms with E-state index in [0.717, 1.165) is 10.2 Å². The fraction of sp³-hybridized carbons (Fsp3) is 0.357. The molecule has 0 radical (unpaired) electrons. The third-order valence-electron chi connectivity index (χ3n) is 3.63.